The number of esters is 1. The number of hydrogen-bond donors (Lipinski definition) is 2. The van der Waals surface area contributed by atoms with Crippen molar-refractivity contribution in [1.29, 1.82) is 0 Å². The summed E-state index contributed by atoms with van der Waals surface area (Å²) in [6.07, 6.45) is 1.89. The third-order valence-electron chi connectivity index (χ3n) is 6.63. The average molecular weight is 581 g/mol. The fourth-order valence-electron chi connectivity index (χ4n) is 4.65. The lowest BCUT2D eigenvalue weighted by Gasteiger charge is -2.35. The van der Waals surface area contributed by atoms with Crippen molar-refractivity contribution in [2.45, 2.75) is 44.8 Å². The number of hydrogen-bond acceptors (Lipinski definition) is 8. The molecule has 0 aromatic heterocycles. The van der Waals surface area contributed by atoms with Crippen LogP contribution in [0.3, 0.4) is 0 Å². The number of carbonyl (C=O) groups excluding carboxylic acids is 2. The number of benzene rings is 2. The minimum atomic E-state index is -4.10. The Labute approximate surface area is 233 Å². The third-order valence-corrected chi connectivity index (χ3v) is 7.56. The fraction of sp³-hybridized carbons (Fsp3) is 0.407. The lowest BCUT2D eigenvalue weighted by Crippen LogP contribution is -2.42. The minimum Gasteiger partial charge on any atom is -0.492 e. The summed E-state index contributed by atoms with van der Waals surface area (Å²) in [6, 6.07) is 13.7. The van der Waals surface area contributed by atoms with Crippen molar-refractivity contribution in [2.24, 2.45) is 0 Å². The Kier molecular flexibility index (Phi) is 10.5. The van der Waals surface area contributed by atoms with E-state index < -0.39 is 27.8 Å². The van der Waals surface area contributed by atoms with Crippen LogP contribution in [0.5, 0.6) is 5.75 Å². The van der Waals surface area contributed by atoms with E-state index in [1.54, 1.807) is 48.2 Å². The molecule has 1 amide bonds. The lowest BCUT2D eigenvalue weighted by molar-refractivity contribution is -0.141. The van der Waals surface area contributed by atoms with Gasteiger partial charge in [-0.25, -0.2) is 4.79 Å². The van der Waals surface area contributed by atoms with Gasteiger partial charge in [-0.15, -0.1) is 0 Å². The zero-order valence-corrected chi connectivity index (χ0v) is 23.2. The van der Waals surface area contributed by atoms with Crippen molar-refractivity contribution in [3.63, 3.8) is 0 Å². The summed E-state index contributed by atoms with van der Waals surface area (Å²) in [5.41, 5.74) is 2.49. The van der Waals surface area contributed by atoms with Crippen LogP contribution in [-0.4, -0.2) is 61.4 Å². The zero-order chi connectivity index (χ0) is 27.3. The molecule has 10 nitrogen and oxygen atoms in total. The Morgan fingerprint density at radius 3 is 2.46 bits per heavy atom. The Morgan fingerprint density at radius 2 is 1.85 bits per heavy atom. The van der Waals surface area contributed by atoms with Gasteiger partial charge in [-0.05, 0) is 55.2 Å². The number of rotatable bonds is 10. The third kappa shape index (κ3) is 8.26. The average Bonchev–Trinajstić information content (AvgIpc) is 3.39. The molecule has 2 aliphatic rings. The first-order chi connectivity index (χ1) is 18.1. The maximum atomic E-state index is 13.4. The largest absolute Gasteiger partial charge is 0.492 e. The summed E-state index contributed by atoms with van der Waals surface area (Å²) in [5.74, 6) is -1.14. The van der Waals surface area contributed by atoms with Crippen LogP contribution in [0.2, 0.25) is 5.02 Å². The minimum absolute atomic E-state index is 0. The maximum absolute atomic E-state index is 13.4. The zero-order valence-electron chi connectivity index (χ0n) is 21.7. The normalized spacial score (nSPS) is 19.6. The molecule has 2 aliphatic heterocycles. The second kappa shape index (κ2) is 13.4. The van der Waals surface area contributed by atoms with E-state index in [2.05, 4.69) is 0 Å². The molecule has 2 heterocycles. The summed E-state index contributed by atoms with van der Waals surface area (Å²) < 4.78 is 47.2. The predicted molar refractivity (Wildman–Crippen MR) is 145 cm³/mol. The number of allylic oxidation sites excluding steroid dienone is 1. The van der Waals surface area contributed by atoms with E-state index in [1.807, 2.05) is 12.1 Å². The van der Waals surface area contributed by atoms with Gasteiger partial charge in [-0.1, -0.05) is 35.9 Å². The van der Waals surface area contributed by atoms with Crippen LogP contribution in [0.15, 0.2) is 59.8 Å². The summed E-state index contributed by atoms with van der Waals surface area (Å²) in [6.45, 7) is 2.64. The molecule has 0 spiro atoms. The van der Waals surface area contributed by atoms with E-state index >= 15 is 0 Å². The summed E-state index contributed by atoms with van der Waals surface area (Å²) in [7, 11) is -4.10. The van der Waals surface area contributed by atoms with Crippen LogP contribution in [0.25, 0.3) is 0 Å². The van der Waals surface area contributed by atoms with Gasteiger partial charge in [0.25, 0.3) is 10.1 Å². The molecule has 12 heteroatoms. The topological polar surface area (TPSA) is 154 Å². The van der Waals surface area contributed by atoms with E-state index in [0.29, 0.717) is 40.8 Å². The molecule has 0 saturated carbocycles. The number of halogens is 1. The van der Waals surface area contributed by atoms with Gasteiger partial charge in [0.15, 0.2) is 0 Å². The first-order valence-electron chi connectivity index (χ1n) is 12.3. The van der Waals surface area contributed by atoms with Gasteiger partial charge in [0.2, 0.25) is 5.91 Å². The monoisotopic (exact) mass is 580 g/mol. The molecule has 39 heavy (non-hydrogen) atoms. The molecule has 1 saturated heterocycles. The molecular weight excluding hydrogens is 548 g/mol. The number of amides is 1. The van der Waals surface area contributed by atoms with Crippen LogP contribution in [-0.2, 0) is 35.8 Å². The Bertz CT molecular complexity index is 1290. The molecular formula is C27H33ClN2O8S. The molecule has 0 radical (unpaired) electrons. The Balaban J connectivity index is 0.00000420. The highest BCUT2D eigenvalue weighted by molar-refractivity contribution is 7.85. The molecule has 1 fully saturated rings. The lowest BCUT2D eigenvalue weighted by atomic mass is 9.83. The van der Waals surface area contributed by atoms with E-state index in [0.717, 1.165) is 18.4 Å². The van der Waals surface area contributed by atoms with Crippen LogP contribution < -0.4 is 10.9 Å². The summed E-state index contributed by atoms with van der Waals surface area (Å²) >= 11 is 6.06. The predicted octanol–water partition coefficient (Wildman–Crippen LogP) is 4.28. The molecule has 2 aromatic carbocycles. The SMILES string of the molecule is CC1=C(C(=O)OCc2ccc(OCCS(=O)(=O)O)cc2)[C@@H](c2ccc(Cl)cc2)CC(=O)N1C[C@H]1CCCO1.N. The highest BCUT2D eigenvalue weighted by Gasteiger charge is 2.38. The van der Waals surface area contributed by atoms with E-state index in [9.17, 15) is 18.0 Å². The quantitative estimate of drug-likeness (QED) is 0.309. The molecule has 2 aromatic rings. The van der Waals surface area contributed by atoms with Crippen LogP contribution in [0.4, 0.5) is 0 Å². The Hall–Kier alpha value is -2.96. The molecule has 0 aliphatic carbocycles. The molecule has 0 unspecified atom stereocenters. The molecule has 0 bridgehead atoms. The standard InChI is InChI=1S/C27H30ClNO8S.H3N/c1-18-26(27(31)37-17-19-4-10-22(11-5-19)36-13-14-38(32,33)34)24(20-6-8-21(28)9-7-20)15-25(30)29(18)16-23-3-2-12-35-23;/h4-11,23-24H,2-3,12-17H2,1H3,(H,32,33,34);1H3/t23-,24-;/m1./s1. The molecule has 4 rings (SSSR count). The van der Waals surface area contributed by atoms with E-state index in [1.165, 1.54) is 0 Å². The Morgan fingerprint density at radius 1 is 1.15 bits per heavy atom. The van der Waals surface area contributed by atoms with Crippen molar-refractivity contribution in [3.8, 4) is 5.75 Å². The summed E-state index contributed by atoms with van der Waals surface area (Å²) in [4.78, 5) is 28.2. The first kappa shape index (κ1) is 30.6. The van der Waals surface area contributed by atoms with Crippen LogP contribution in [0, 0.1) is 0 Å². The van der Waals surface area contributed by atoms with Gasteiger partial charge in [0.05, 0.1) is 18.2 Å². The number of nitrogens with zero attached hydrogens (tertiary/aromatic N) is 1. The highest BCUT2D eigenvalue weighted by Crippen LogP contribution is 2.38. The van der Waals surface area contributed by atoms with Gasteiger partial charge >= 0.3 is 5.97 Å². The molecule has 2 atom stereocenters. The van der Waals surface area contributed by atoms with Gasteiger partial charge in [0, 0.05) is 29.7 Å². The number of ether oxygens (including phenoxy) is 3. The number of carbonyl (C=O) groups is 2. The van der Waals surface area contributed by atoms with Crippen molar-refractivity contribution < 1.29 is 36.8 Å². The maximum Gasteiger partial charge on any atom is 0.336 e. The van der Waals surface area contributed by atoms with E-state index in [-0.39, 0.29) is 37.8 Å². The van der Waals surface area contributed by atoms with Crippen molar-refractivity contribution in [1.82, 2.24) is 11.1 Å². The van der Waals surface area contributed by atoms with Gasteiger partial charge in [-0.2, -0.15) is 8.42 Å². The second-order valence-electron chi connectivity index (χ2n) is 9.30. The summed E-state index contributed by atoms with van der Waals surface area (Å²) in [5, 5.41) is 0.561. The smallest absolute Gasteiger partial charge is 0.336 e. The van der Waals surface area contributed by atoms with Gasteiger partial charge < -0.3 is 25.3 Å². The fourth-order valence-corrected chi connectivity index (χ4v) is 5.07. The van der Waals surface area contributed by atoms with Gasteiger partial charge in [-0.3, -0.25) is 9.35 Å². The molecule has 4 N–H and O–H groups in total. The van der Waals surface area contributed by atoms with Crippen molar-refractivity contribution >= 4 is 33.6 Å². The van der Waals surface area contributed by atoms with E-state index in [4.69, 9.17) is 30.4 Å². The molecule has 212 valence electrons. The van der Waals surface area contributed by atoms with Gasteiger partial charge in [0.1, 0.15) is 24.7 Å². The van der Waals surface area contributed by atoms with Crippen molar-refractivity contribution in [3.05, 3.63) is 76.0 Å². The van der Waals surface area contributed by atoms with Crippen LogP contribution in [0.1, 0.15) is 43.2 Å². The first-order valence-corrected chi connectivity index (χ1v) is 14.3. The highest BCUT2D eigenvalue weighted by atomic mass is 35.5. The van der Waals surface area contributed by atoms with Crippen LogP contribution >= 0.6 is 11.6 Å². The van der Waals surface area contributed by atoms with Crippen molar-refractivity contribution in [2.75, 3.05) is 25.5 Å². The second-order valence-corrected chi connectivity index (χ2v) is 11.3.